The Morgan fingerprint density at radius 2 is 0.426 bits per heavy atom. The van der Waals surface area contributed by atoms with Crippen LogP contribution in [0, 0.1) is 0 Å². The summed E-state index contributed by atoms with van der Waals surface area (Å²) in [5.41, 5.74) is 31.3. The van der Waals surface area contributed by atoms with E-state index in [1.807, 2.05) is 121 Å². The number of aromatic amines is 2. The Morgan fingerprint density at radius 1 is 0.169 bits per heavy atom. The zero-order valence-corrected chi connectivity index (χ0v) is 83.5. The molecule has 0 saturated carbocycles. The molecule has 2 N–H and O–H groups in total. The number of hydrogen-bond acceptors (Lipinski definition) is 6. The first-order chi connectivity index (χ1) is 73.2. The van der Waals surface area contributed by atoms with Gasteiger partial charge in [0, 0.05) is 157 Å². The molecule has 0 atom stereocenters. The van der Waals surface area contributed by atoms with E-state index in [9.17, 15) is 0 Å². The van der Waals surface area contributed by atoms with Gasteiger partial charge in [-0.3, -0.25) is 9.13 Å². The SMILES string of the molecule is Brc1ccc2[nH]c3ccccc3c2c1.Brc1ccc2c(c1)c1ccccc1n2-c1nc(-c2ccccc2)cc(-c2ccccc2)n1.Clc1nc(-c2ccccc2)cc(-c2ccccc2)n1.c1ccc(-c2cc(-c3ccccc3)nc(-n3c4ccccc4c4cc(-n5c6ccccc6c6c7c8ccccc8n(-c8ccccc8)c7ccc65)ccc43)n2)cc1.c1ccc(-n2c3ccccc3c3c4c(ccc32)[nH]c2ccccc24)cc1. The zero-order chi connectivity index (χ0) is 98.7. The molecule has 16 heteroatoms. The van der Waals surface area contributed by atoms with Gasteiger partial charge in [0.1, 0.15) is 0 Å². The minimum absolute atomic E-state index is 0.264. The van der Waals surface area contributed by atoms with Gasteiger partial charge in [0.2, 0.25) is 17.2 Å². The Labute approximate surface area is 872 Å². The summed E-state index contributed by atoms with van der Waals surface area (Å²) in [5, 5.41) is 17.7. The Bertz CT molecular complexity index is 10100. The third kappa shape index (κ3) is 16.5. The summed E-state index contributed by atoms with van der Waals surface area (Å²) in [7, 11) is 0. The van der Waals surface area contributed by atoms with E-state index < -0.39 is 0 Å². The van der Waals surface area contributed by atoms with Gasteiger partial charge in [0.25, 0.3) is 0 Å². The Kier molecular flexibility index (Phi) is 23.4. The lowest BCUT2D eigenvalue weighted by Crippen LogP contribution is -2.04. The maximum atomic E-state index is 6.03. The predicted molar refractivity (Wildman–Crippen MR) is 622 cm³/mol. The summed E-state index contributed by atoms with van der Waals surface area (Å²) in [6.07, 6.45) is 0. The highest BCUT2D eigenvalue weighted by molar-refractivity contribution is 9.10. The van der Waals surface area contributed by atoms with Gasteiger partial charge in [-0.05, 0) is 175 Å². The number of H-pyrrole nitrogens is 2. The lowest BCUT2D eigenvalue weighted by Gasteiger charge is -2.12. The number of benzene rings is 20. The first-order valence-electron chi connectivity index (χ1n) is 49.2. The lowest BCUT2D eigenvalue weighted by atomic mass is 10.1. The van der Waals surface area contributed by atoms with Crippen molar-refractivity contribution < 1.29 is 0 Å². The van der Waals surface area contributed by atoms with E-state index in [0.29, 0.717) is 11.9 Å². The van der Waals surface area contributed by atoms with Crippen molar-refractivity contribution in [2.45, 2.75) is 0 Å². The van der Waals surface area contributed by atoms with Gasteiger partial charge in [0.15, 0.2) is 0 Å². The molecule has 0 saturated heterocycles. The molecule has 30 aromatic rings. The maximum Gasteiger partial charge on any atom is 0.235 e. The lowest BCUT2D eigenvalue weighted by molar-refractivity contribution is 0.995. The van der Waals surface area contributed by atoms with Gasteiger partial charge in [-0.25, -0.2) is 29.9 Å². The molecule has 0 amide bonds. The van der Waals surface area contributed by atoms with Crippen molar-refractivity contribution >= 4 is 196 Å². The van der Waals surface area contributed by atoms with E-state index in [-0.39, 0.29) is 5.28 Å². The number of nitrogens with one attached hydrogen (secondary N) is 2. The van der Waals surface area contributed by atoms with Gasteiger partial charge < -0.3 is 23.7 Å². The average molecular weight is 2050 g/mol. The molecule has 700 valence electrons. The quantitative estimate of drug-likeness (QED) is 0.124. The molecule has 0 radical (unpaired) electrons. The number of halogens is 3. The molecule has 10 heterocycles. The van der Waals surface area contributed by atoms with E-state index in [1.165, 1.54) is 125 Å². The van der Waals surface area contributed by atoms with Crippen molar-refractivity contribution in [3.8, 4) is 96.5 Å². The molecule has 0 fully saturated rings. The Hall–Kier alpha value is -18.5. The minimum atomic E-state index is 0.264. The van der Waals surface area contributed by atoms with Crippen LogP contribution in [-0.2, 0) is 0 Å². The molecule has 0 aliphatic carbocycles. The minimum Gasteiger partial charge on any atom is -0.355 e. The summed E-state index contributed by atoms with van der Waals surface area (Å²) >= 11 is 13.1. The fourth-order valence-corrected chi connectivity index (χ4v) is 22.1. The molecule has 0 aliphatic rings. The van der Waals surface area contributed by atoms with E-state index in [4.69, 9.17) is 31.5 Å². The van der Waals surface area contributed by atoms with Crippen LogP contribution in [0.4, 0.5) is 0 Å². The molecule has 0 aliphatic heterocycles. The standard InChI is InChI=1S/C52H33N5.C28H18BrN3.C24H16N2.C16H11ClN2.C12H8BrN/c1-4-16-34(17-5-1)42-33-43(35-18-6-2-7-19-35)54-52(53-42)57-44-25-13-10-22-38(44)41-32-37(28-29-47(41)57)56-46-27-15-12-24-40(46)51-49(56)31-30-48-50(51)39-23-11-14-26-45(39)55(48)36-20-8-3-9-21-36;29-21-15-16-27-23(17-21)22-13-7-8-14-26(22)32(27)28-30-24(19-9-3-1-4-10-19)18-25(31-28)20-11-5-2-6-12-20;1-2-8-16(9-3-1)26-21-13-7-5-11-18(21)24-22(26)15-14-20-23(24)17-10-4-6-12-19(17)25-20;17-16-18-14(12-7-3-1-4-8-12)11-15(19-16)13-9-5-2-6-10-13;13-8-5-6-12-10(7-8)9-3-1-2-4-11(9)14-12/h1-33H;1-18H;1-15,25H;1-11H;1-7,14H. The van der Waals surface area contributed by atoms with Crippen LogP contribution in [-0.4, -0.2) is 62.7 Å². The molecular formula is C132H86Br2ClN13. The fourth-order valence-electron chi connectivity index (χ4n) is 21.2. The van der Waals surface area contributed by atoms with Crippen LogP contribution in [0.25, 0.3) is 249 Å². The van der Waals surface area contributed by atoms with E-state index in [0.717, 1.165) is 121 Å². The fraction of sp³-hybridized carbons (Fsp3) is 0. The second-order valence-corrected chi connectivity index (χ2v) is 38.7. The van der Waals surface area contributed by atoms with Crippen LogP contribution in [0.5, 0.6) is 0 Å². The van der Waals surface area contributed by atoms with Crippen molar-refractivity contribution in [2.24, 2.45) is 0 Å². The van der Waals surface area contributed by atoms with Gasteiger partial charge in [0.05, 0.1) is 89.3 Å². The summed E-state index contributed by atoms with van der Waals surface area (Å²) in [5.74, 6) is 1.31. The second kappa shape index (κ2) is 38.6. The van der Waals surface area contributed by atoms with Crippen molar-refractivity contribution in [3.63, 3.8) is 0 Å². The average Bonchev–Trinajstić information content (AvgIpc) is 1.54. The third-order valence-electron chi connectivity index (χ3n) is 27.8. The molecule has 148 heavy (non-hydrogen) atoms. The van der Waals surface area contributed by atoms with E-state index in [1.54, 1.807) is 0 Å². The number of hydrogen-bond donors (Lipinski definition) is 2. The number of nitrogens with zero attached hydrogens (tertiary/aromatic N) is 11. The van der Waals surface area contributed by atoms with Crippen molar-refractivity contribution in [3.05, 3.63) is 524 Å². The highest BCUT2D eigenvalue weighted by atomic mass is 79.9. The first kappa shape index (κ1) is 89.6. The number of para-hydroxylation sites is 9. The van der Waals surface area contributed by atoms with E-state index in [2.05, 4.69) is 463 Å². The zero-order valence-electron chi connectivity index (χ0n) is 79.6. The van der Waals surface area contributed by atoms with Crippen molar-refractivity contribution in [2.75, 3.05) is 0 Å². The molecular weight excluding hydrogens is 1960 g/mol. The Balaban J connectivity index is 0.000000103. The first-order valence-corrected chi connectivity index (χ1v) is 51.2. The number of fused-ring (bicyclic) bond motifs is 23. The van der Waals surface area contributed by atoms with Crippen LogP contribution in [0.2, 0.25) is 5.28 Å². The number of aromatic nitrogens is 13. The van der Waals surface area contributed by atoms with Gasteiger partial charge >= 0.3 is 0 Å². The van der Waals surface area contributed by atoms with Crippen LogP contribution in [0.15, 0.2) is 519 Å². The highest BCUT2D eigenvalue weighted by Gasteiger charge is 2.26. The van der Waals surface area contributed by atoms with Gasteiger partial charge in [-0.1, -0.05) is 378 Å². The smallest absolute Gasteiger partial charge is 0.235 e. The molecule has 10 aromatic heterocycles. The normalized spacial score (nSPS) is 11.5. The topological polar surface area (TPSA) is 134 Å². The summed E-state index contributed by atoms with van der Waals surface area (Å²) in [4.78, 5) is 36.1. The highest BCUT2D eigenvalue weighted by Crippen LogP contribution is 2.47. The summed E-state index contributed by atoms with van der Waals surface area (Å²) in [6, 6.07) is 177. The molecule has 20 aromatic carbocycles. The third-order valence-corrected chi connectivity index (χ3v) is 28.9. The molecule has 30 rings (SSSR count). The monoisotopic (exact) mass is 2050 g/mol. The van der Waals surface area contributed by atoms with Crippen molar-refractivity contribution in [1.82, 2.24) is 62.7 Å². The maximum absolute atomic E-state index is 6.03. The molecule has 0 unspecified atom stereocenters. The largest absolute Gasteiger partial charge is 0.355 e. The Morgan fingerprint density at radius 3 is 0.831 bits per heavy atom. The summed E-state index contributed by atoms with van der Waals surface area (Å²) < 4.78 is 13.8. The molecule has 13 nitrogen and oxygen atoms in total. The predicted octanol–water partition coefficient (Wildman–Crippen LogP) is 35.7. The van der Waals surface area contributed by atoms with Gasteiger partial charge in [-0.2, -0.15) is 0 Å². The second-order valence-electron chi connectivity index (χ2n) is 36.5. The van der Waals surface area contributed by atoms with Crippen LogP contribution < -0.4 is 0 Å². The van der Waals surface area contributed by atoms with E-state index >= 15 is 0 Å². The molecule has 0 bridgehead atoms. The van der Waals surface area contributed by atoms with Crippen LogP contribution in [0.3, 0.4) is 0 Å². The van der Waals surface area contributed by atoms with Crippen molar-refractivity contribution in [1.29, 1.82) is 0 Å². The molecule has 0 spiro atoms. The number of rotatable bonds is 11. The summed E-state index contributed by atoms with van der Waals surface area (Å²) in [6.45, 7) is 0. The van der Waals surface area contributed by atoms with Crippen LogP contribution >= 0.6 is 43.5 Å². The van der Waals surface area contributed by atoms with Crippen LogP contribution in [0.1, 0.15) is 0 Å². The van der Waals surface area contributed by atoms with Gasteiger partial charge in [-0.15, -0.1) is 0 Å².